The molecule has 0 fully saturated rings. The van der Waals surface area contributed by atoms with Gasteiger partial charge in [0.1, 0.15) is 11.8 Å². The summed E-state index contributed by atoms with van der Waals surface area (Å²) >= 11 is 7.64. The second-order valence-electron chi connectivity index (χ2n) is 8.85. The number of thioether (sulfide) groups is 1. The van der Waals surface area contributed by atoms with E-state index in [0.717, 1.165) is 29.5 Å². The van der Waals surface area contributed by atoms with Crippen LogP contribution < -0.4 is 10.1 Å². The van der Waals surface area contributed by atoms with Gasteiger partial charge in [-0.05, 0) is 47.4 Å². The van der Waals surface area contributed by atoms with Crippen LogP contribution in [0.2, 0.25) is 5.02 Å². The Labute approximate surface area is 229 Å². The lowest BCUT2D eigenvalue weighted by molar-refractivity contribution is -0.139. The number of nitrogens with one attached hydrogen (secondary N) is 1. The Bertz CT molecular complexity index is 1140. The molecule has 5 nitrogen and oxygen atoms in total. The molecular weight excluding hydrogens is 504 g/mol. The lowest BCUT2D eigenvalue weighted by Gasteiger charge is -2.31. The summed E-state index contributed by atoms with van der Waals surface area (Å²) in [5, 5.41) is 3.73. The van der Waals surface area contributed by atoms with Gasteiger partial charge in [0, 0.05) is 30.3 Å². The van der Waals surface area contributed by atoms with Gasteiger partial charge in [-0.3, -0.25) is 9.59 Å². The number of unbranched alkanes of at least 4 members (excludes halogenated alkanes) is 1. The first-order valence-electron chi connectivity index (χ1n) is 12.6. The minimum atomic E-state index is -0.635. The Morgan fingerprint density at radius 3 is 2.43 bits per heavy atom. The molecule has 0 radical (unpaired) electrons. The predicted octanol–water partition coefficient (Wildman–Crippen LogP) is 6.14. The van der Waals surface area contributed by atoms with E-state index in [0.29, 0.717) is 36.0 Å². The zero-order valence-electron chi connectivity index (χ0n) is 21.5. The Hall–Kier alpha value is -2.96. The molecule has 1 N–H and O–H groups in total. The number of halogens is 1. The van der Waals surface area contributed by atoms with Gasteiger partial charge in [-0.1, -0.05) is 79.5 Å². The largest absolute Gasteiger partial charge is 0.497 e. The minimum Gasteiger partial charge on any atom is -0.497 e. The van der Waals surface area contributed by atoms with Crippen molar-refractivity contribution in [1.29, 1.82) is 0 Å². The molecule has 0 aliphatic carbocycles. The standard InChI is InChI=1S/C30H35ClN2O3S/c1-3-4-16-32-30(35)28(19-23-10-6-5-7-11-23)33(20-24-12-9-15-27(18-24)36-2)29(34)22-37-21-25-13-8-14-26(31)17-25/h5-15,17-18,28H,3-4,16,19-22H2,1-2H3,(H,32,35). The van der Waals surface area contributed by atoms with E-state index in [4.69, 9.17) is 16.3 Å². The van der Waals surface area contributed by atoms with Crippen LogP contribution in [-0.4, -0.2) is 42.2 Å². The molecule has 37 heavy (non-hydrogen) atoms. The van der Waals surface area contributed by atoms with Crippen molar-refractivity contribution in [2.24, 2.45) is 0 Å². The average molecular weight is 539 g/mol. The van der Waals surface area contributed by atoms with Gasteiger partial charge >= 0.3 is 0 Å². The molecule has 0 spiro atoms. The molecule has 1 atom stereocenters. The van der Waals surface area contributed by atoms with Gasteiger partial charge in [-0.2, -0.15) is 0 Å². The fraction of sp³-hybridized carbons (Fsp3) is 0.333. The maximum absolute atomic E-state index is 13.7. The van der Waals surface area contributed by atoms with E-state index in [2.05, 4.69) is 12.2 Å². The zero-order chi connectivity index (χ0) is 26.5. The van der Waals surface area contributed by atoms with E-state index in [1.54, 1.807) is 12.0 Å². The van der Waals surface area contributed by atoms with E-state index in [1.807, 2.05) is 78.9 Å². The van der Waals surface area contributed by atoms with Crippen LogP contribution in [0.5, 0.6) is 5.75 Å². The topological polar surface area (TPSA) is 58.6 Å². The molecule has 1 unspecified atom stereocenters. The molecule has 3 rings (SSSR count). The molecular formula is C30H35ClN2O3S. The fourth-order valence-corrected chi connectivity index (χ4v) is 5.06. The van der Waals surface area contributed by atoms with Crippen LogP contribution in [0.1, 0.15) is 36.5 Å². The predicted molar refractivity (Wildman–Crippen MR) is 153 cm³/mol. The van der Waals surface area contributed by atoms with E-state index < -0.39 is 6.04 Å². The second-order valence-corrected chi connectivity index (χ2v) is 10.3. The third-order valence-electron chi connectivity index (χ3n) is 5.97. The lowest BCUT2D eigenvalue weighted by Crippen LogP contribution is -2.51. The maximum atomic E-state index is 13.7. The third kappa shape index (κ3) is 9.45. The van der Waals surface area contributed by atoms with Crippen LogP contribution in [0.3, 0.4) is 0 Å². The number of amides is 2. The lowest BCUT2D eigenvalue weighted by atomic mass is 10.0. The van der Waals surface area contributed by atoms with Gasteiger partial charge in [0.15, 0.2) is 0 Å². The highest BCUT2D eigenvalue weighted by Gasteiger charge is 2.30. The van der Waals surface area contributed by atoms with Crippen LogP contribution in [-0.2, 0) is 28.3 Å². The molecule has 2 amide bonds. The van der Waals surface area contributed by atoms with Crippen molar-refractivity contribution < 1.29 is 14.3 Å². The van der Waals surface area contributed by atoms with E-state index in [9.17, 15) is 9.59 Å². The van der Waals surface area contributed by atoms with Crippen molar-refractivity contribution in [2.75, 3.05) is 19.4 Å². The highest BCUT2D eigenvalue weighted by atomic mass is 35.5. The van der Waals surface area contributed by atoms with E-state index in [-0.39, 0.29) is 17.6 Å². The number of carbonyl (C=O) groups is 2. The highest BCUT2D eigenvalue weighted by molar-refractivity contribution is 7.99. The van der Waals surface area contributed by atoms with Crippen LogP contribution in [0.15, 0.2) is 78.9 Å². The van der Waals surface area contributed by atoms with Gasteiger partial charge in [0.25, 0.3) is 0 Å². The van der Waals surface area contributed by atoms with Crippen molar-refractivity contribution in [2.45, 2.75) is 44.5 Å². The molecule has 0 bridgehead atoms. The molecule has 0 saturated heterocycles. The summed E-state index contributed by atoms with van der Waals surface area (Å²) in [7, 11) is 1.62. The van der Waals surface area contributed by atoms with Gasteiger partial charge in [-0.15, -0.1) is 11.8 Å². The fourth-order valence-electron chi connectivity index (χ4n) is 3.99. The Morgan fingerprint density at radius 1 is 0.973 bits per heavy atom. The molecule has 0 heterocycles. The summed E-state index contributed by atoms with van der Waals surface area (Å²) < 4.78 is 5.39. The van der Waals surface area contributed by atoms with Gasteiger partial charge in [0.05, 0.1) is 12.9 Å². The first-order chi connectivity index (χ1) is 18.0. The van der Waals surface area contributed by atoms with E-state index >= 15 is 0 Å². The van der Waals surface area contributed by atoms with Crippen LogP contribution in [0.4, 0.5) is 0 Å². The first-order valence-corrected chi connectivity index (χ1v) is 14.1. The van der Waals surface area contributed by atoms with E-state index in [1.165, 1.54) is 11.8 Å². The number of hydrogen-bond donors (Lipinski definition) is 1. The van der Waals surface area contributed by atoms with Gasteiger partial charge in [0.2, 0.25) is 11.8 Å². The summed E-state index contributed by atoms with van der Waals surface area (Å²) in [4.78, 5) is 28.9. The van der Waals surface area contributed by atoms with Gasteiger partial charge in [-0.25, -0.2) is 0 Å². The number of nitrogens with zero attached hydrogens (tertiary/aromatic N) is 1. The molecule has 0 aliphatic heterocycles. The SMILES string of the molecule is CCCCNC(=O)C(Cc1ccccc1)N(Cc1cccc(OC)c1)C(=O)CSCc1cccc(Cl)c1. The number of rotatable bonds is 14. The minimum absolute atomic E-state index is 0.0820. The maximum Gasteiger partial charge on any atom is 0.243 e. The number of methoxy groups -OCH3 is 1. The van der Waals surface area contributed by atoms with Crippen LogP contribution in [0.25, 0.3) is 0 Å². The Kier molecular flexibility index (Phi) is 11.9. The Balaban J connectivity index is 1.84. The molecule has 3 aromatic rings. The van der Waals surface area contributed by atoms with Crippen molar-refractivity contribution in [3.05, 3.63) is 101 Å². The summed E-state index contributed by atoms with van der Waals surface area (Å²) in [5.41, 5.74) is 2.97. The van der Waals surface area contributed by atoms with Crippen molar-refractivity contribution in [3.63, 3.8) is 0 Å². The normalized spacial score (nSPS) is 11.5. The molecule has 196 valence electrons. The first kappa shape index (κ1) is 28.6. The van der Waals surface area contributed by atoms with Crippen molar-refractivity contribution in [1.82, 2.24) is 10.2 Å². The van der Waals surface area contributed by atoms with Crippen molar-refractivity contribution in [3.8, 4) is 5.75 Å². The molecule has 0 aromatic heterocycles. The van der Waals surface area contributed by atoms with Crippen LogP contribution >= 0.6 is 23.4 Å². The molecule has 3 aromatic carbocycles. The highest BCUT2D eigenvalue weighted by Crippen LogP contribution is 2.21. The molecule has 7 heteroatoms. The molecule has 0 saturated carbocycles. The second kappa shape index (κ2) is 15.3. The van der Waals surface area contributed by atoms with Crippen molar-refractivity contribution >= 4 is 35.2 Å². The average Bonchev–Trinajstić information content (AvgIpc) is 2.91. The van der Waals surface area contributed by atoms with Gasteiger partial charge < -0.3 is 15.0 Å². The summed E-state index contributed by atoms with van der Waals surface area (Å²) in [5.74, 6) is 1.41. The quantitative estimate of drug-likeness (QED) is 0.250. The Morgan fingerprint density at radius 2 is 1.70 bits per heavy atom. The number of hydrogen-bond acceptors (Lipinski definition) is 4. The number of ether oxygens (including phenoxy) is 1. The number of benzene rings is 3. The monoisotopic (exact) mass is 538 g/mol. The smallest absolute Gasteiger partial charge is 0.243 e. The summed E-state index contributed by atoms with van der Waals surface area (Å²) in [6.07, 6.45) is 2.31. The number of carbonyl (C=O) groups excluding carboxylic acids is 2. The summed E-state index contributed by atoms with van der Waals surface area (Å²) in [6, 6.07) is 24.5. The van der Waals surface area contributed by atoms with Crippen LogP contribution in [0, 0.1) is 0 Å². The molecule has 0 aliphatic rings. The third-order valence-corrected chi connectivity index (χ3v) is 7.19. The zero-order valence-corrected chi connectivity index (χ0v) is 23.1. The summed E-state index contributed by atoms with van der Waals surface area (Å²) in [6.45, 7) is 2.99.